The molecule has 3 nitrogen and oxygen atoms in total. The number of carbonyl (C=O) groups excluding carboxylic acids is 1. The third-order valence-corrected chi connectivity index (χ3v) is 4.03. The summed E-state index contributed by atoms with van der Waals surface area (Å²) in [5.41, 5.74) is 0.932. The maximum Gasteiger partial charge on any atom is 0.241 e. The van der Waals surface area contributed by atoms with Crippen LogP contribution < -0.4 is 10.6 Å². The van der Waals surface area contributed by atoms with Crippen molar-refractivity contribution in [3.8, 4) is 0 Å². The van der Waals surface area contributed by atoms with Crippen LogP contribution in [0.3, 0.4) is 0 Å². The number of amides is 1. The van der Waals surface area contributed by atoms with Crippen LogP contribution in [0.5, 0.6) is 0 Å². The fraction of sp³-hybridized carbons (Fsp3) is 0.500. The Labute approximate surface area is 113 Å². The molecule has 1 aliphatic heterocycles. The first kappa shape index (κ1) is 13.4. The lowest BCUT2D eigenvalue weighted by molar-refractivity contribution is -0.118. The van der Waals surface area contributed by atoms with Crippen LogP contribution in [0, 0.1) is 0 Å². The Hall–Kier alpha value is -1.00. The van der Waals surface area contributed by atoms with Gasteiger partial charge in [0.2, 0.25) is 5.91 Å². The van der Waals surface area contributed by atoms with Crippen LogP contribution in [-0.4, -0.2) is 24.2 Å². The second kappa shape index (κ2) is 6.81. The van der Waals surface area contributed by atoms with E-state index in [1.807, 2.05) is 18.2 Å². The molecule has 2 rings (SSSR count). The minimum absolute atomic E-state index is 0.0292. The van der Waals surface area contributed by atoms with Crippen LogP contribution in [0.25, 0.3) is 0 Å². The summed E-state index contributed by atoms with van der Waals surface area (Å²) >= 11 is 1.76. The molecule has 0 aliphatic carbocycles. The van der Waals surface area contributed by atoms with E-state index in [0.29, 0.717) is 0 Å². The summed E-state index contributed by atoms with van der Waals surface area (Å²) in [6, 6.07) is 7.96. The first-order valence-electron chi connectivity index (χ1n) is 6.57. The lowest BCUT2D eigenvalue weighted by Gasteiger charge is -2.23. The van der Waals surface area contributed by atoms with Crippen molar-refractivity contribution in [2.24, 2.45) is 0 Å². The molecule has 0 spiro atoms. The SMILES string of the molecule is CCSc1ccccc1NC(=O)[C@H]1CCCCN1. The molecule has 1 aromatic rings. The maximum atomic E-state index is 12.1. The Bertz CT molecular complexity index is 403. The van der Waals surface area contributed by atoms with Crippen molar-refractivity contribution in [2.45, 2.75) is 37.1 Å². The second-order valence-electron chi connectivity index (χ2n) is 4.42. The van der Waals surface area contributed by atoms with Crippen LogP contribution in [0.2, 0.25) is 0 Å². The Morgan fingerprint density at radius 1 is 1.44 bits per heavy atom. The Morgan fingerprint density at radius 3 is 3.00 bits per heavy atom. The second-order valence-corrected chi connectivity index (χ2v) is 5.73. The number of rotatable bonds is 4. The lowest BCUT2D eigenvalue weighted by Crippen LogP contribution is -2.43. The van der Waals surface area contributed by atoms with Crippen LogP contribution in [0.4, 0.5) is 5.69 Å². The van der Waals surface area contributed by atoms with Crippen LogP contribution in [0.15, 0.2) is 29.2 Å². The van der Waals surface area contributed by atoms with Gasteiger partial charge in [0, 0.05) is 4.90 Å². The topological polar surface area (TPSA) is 41.1 Å². The summed E-state index contributed by atoms with van der Waals surface area (Å²) in [6.07, 6.45) is 3.25. The first-order chi connectivity index (χ1) is 8.81. The highest BCUT2D eigenvalue weighted by Gasteiger charge is 2.20. The van der Waals surface area contributed by atoms with E-state index in [-0.39, 0.29) is 11.9 Å². The largest absolute Gasteiger partial charge is 0.324 e. The predicted molar refractivity (Wildman–Crippen MR) is 77.1 cm³/mol. The van der Waals surface area contributed by atoms with Gasteiger partial charge in [0.05, 0.1) is 11.7 Å². The molecule has 2 N–H and O–H groups in total. The molecule has 1 atom stereocenters. The number of piperidine rings is 1. The molecular weight excluding hydrogens is 244 g/mol. The van der Waals surface area contributed by atoms with Crippen molar-refractivity contribution < 1.29 is 4.79 Å². The molecule has 1 aliphatic rings. The monoisotopic (exact) mass is 264 g/mol. The molecule has 0 radical (unpaired) electrons. The van der Waals surface area contributed by atoms with Gasteiger partial charge in [0.25, 0.3) is 0 Å². The summed E-state index contributed by atoms with van der Waals surface area (Å²) in [6.45, 7) is 3.06. The number of hydrogen-bond donors (Lipinski definition) is 2. The molecule has 4 heteroatoms. The smallest absolute Gasteiger partial charge is 0.241 e. The minimum Gasteiger partial charge on any atom is -0.324 e. The van der Waals surface area contributed by atoms with E-state index in [4.69, 9.17) is 0 Å². The zero-order chi connectivity index (χ0) is 12.8. The third-order valence-electron chi connectivity index (χ3n) is 3.07. The summed E-state index contributed by atoms with van der Waals surface area (Å²) in [7, 11) is 0. The van der Waals surface area contributed by atoms with E-state index < -0.39 is 0 Å². The van der Waals surface area contributed by atoms with Gasteiger partial charge < -0.3 is 10.6 Å². The molecule has 1 fully saturated rings. The number of para-hydroxylation sites is 1. The van der Waals surface area contributed by atoms with Crippen molar-refractivity contribution >= 4 is 23.4 Å². The number of hydrogen-bond acceptors (Lipinski definition) is 3. The molecule has 0 bridgehead atoms. The van der Waals surface area contributed by atoms with E-state index in [1.54, 1.807) is 11.8 Å². The molecule has 18 heavy (non-hydrogen) atoms. The molecule has 1 heterocycles. The van der Waals surface area contributed by atoms with Crippen molar-refractivity contribution in [3.63, 3.8) is 0 Å². The fourth-order valence-electron chi connectivity index (χ4n) is 2.15. The molecule has 1 saturated heterocycles. The van der Waals surface area contributed by atoms with Gasteiger partial charge in [0.15, 0.2) is 0 Å². The van der Waals surface area contributed by atoms with E-state index in [1.165, 1.54) is 6.42 Å². The Morgan fingerprint density at radius 2 is 2.28 bits per heavy atom. The predicted octanol–water partition coefficient (Wildman–Crippen LogP) is 2.88. The van der Waals surface area contributed by atoms with Gasteiger partial charge in [-0.2, -0.15) is 0 Å². The summed E-state index contributed by atoms with van der Waals surface area (Å²) in [5, 5.41) is 6.31. The molecule has 0 unspecified atom stereocenters. The van der Waals surface area contributed by atoms with Gasteiger partial charge >= 0.3 is 0 Å². The zero-order valence-corrected chi connectivity index (χ0v) is 11.6. The van der Waals surface area contributed by atoms with Crippen molar-refractivity contribution in [3.05, 3.63) is 24.3 Å². The molecular formula is C14H20N2OS. The van der Waals surface area contributed by atoms with E-state index in [2.05, 4.69) is 23.6 Å². The highest BCUT2D eigenvalue weighted by molar-refractivity contribution is 7.99. The highest BCUT2D eigenvalue weighted by atomic mass is 32.2. The summed E-state index contributed by atoms with van der Waals surface area (Å²) < 4.78 is 0. The van der Waals surface area contributed by atoms with Gasteiger partial charge in [-0.3, -0.25) is 4.79 Å². The van der Waals surface area contributed by atoms with E-state index in [9.17, 15) is 4.79 Å². The van der Waals surface area contributed by atoms with Gasteiger partial charge in [-0.1, -0.05) is 25.5 Å². The molecule has 0 saturated carbocycles. The van der Waals surface area contributed by atoms with E-state index in [0.717, 1.165) is 35.7 Å². The molecule has 0 aromatic heterocycles. The Balaban J connectivity index is 2.01. The number of anilines is 1. The van der Waals surface area contributed by atoms with Crippen LogP contribution in [-0.2, 0) is 4.79 Å². The summed E-state index contributed by atoms with van der Waals surface area (Å²) in [5.74, 6) is 1.10. The highest BCUT2D eigenvalue weighted by Crippen LogP contribution is 2.26. The van der Waals surface area contributed by atoms with Gasteiger partial charge in [-0.15, -0.1) is 11.8 Å². The van der Waals surface area contributed by atoms with Crippen molar-refractivity contribution in [1.82, 2.24) is 5.32 Å². The van der Waals surface area contributed by atoms with Crippen LogP contribution in [0.1, 0.15) is 26.2 Å². The van der Waals surface area contributed by atoms with Gasteiger partial charge in [-0.05, 0) is 37.3 Å². The number of nitrogens with one attached hydrogen (secondary N) is 2. The summed E-state index contributed by atoms with van der Waals surface area (Å²) in [4.78, 5) is 13.3. The number of thioether (sulfide) groups is 1. The van der Waals surface area contributed by atoms with Crippen molar-refractivity contribution in [2.75, 3.05) is 17.6 Å². The molecule has 98 valence electrons. The fourth-order valence-corrected chi connectivity index (χ4v) is 2.91. The van der Waals surface area contributed by atoms with Crippen LogP contribution >= 0.6 is 11.8 Å². The number of carbonyl (C=O) groups is 1. The zero-order valence-electron chi connectivity index (χ0n) is 10.7. The quantitative estimate of drug-likeness (QED) is 0.822. The van der Waals surface area contributed by atoms with Crippen molar-refractivity contribution in [1.29, 1.82) is 0 Å². The first-order valence-corrected chi connectivity index (χ1v) is 7.56. The molecule has 1 aromatic carbocycles. The average Bonchev–Trinajstić information content (AvgIpc) is 2.42. The lowest BCUT2D eigenvalue weighted by atomic mass is 10.0. The standard InChI is InChI=1S/C14H20N2OS/c1-2-18-13-9-4-3-7-11(13)16-14(17)12-8-5-6-10-15-12/h3-4,7,9,12,15H,2,5-6,8,10H2,1H3,(H,16,17)/t12-/m1/s1. The minimum atomic E-state index is -0.0292. The third kappa shape index (κ3) is 3.50. The Kier molecular flexibility index (Phi) is 5.08. The molecule has 1 amide bonds. The normalized spacial score (nSPS) is 19.5. The number of benzene rings is 1. The maximum absolute atomic E-state index is 12.1. The van der Waals surface area contributed by atoms with Gasteiger partial charge in [0.1, 0.15) is 0 Å². The van der Waals surface area contributed by atoms with E-state index >= 15 is 0 Å². The van der Waals surface area contributed by atoms with Gasteiger partial charge in [-0.25, -0.2) is 0 Å². The average molecular weight is 264 g/mol.